The van der Waals surface area contributed by atoms with Gasteiger partial charge in [-0.2, -0.15) is 0 Å². The number of hydrogen-bond donors (Lipinski definition) is 1. The van der Waals surface area contributed by atoms with Crippen LogP contribution >= 0.6 is 0 Å². The molecule has 0 aliphatic carbocycles. The van der Waals surface area contributed by atoms with Crippen molar-refractivity contribution < 1.29 is 9.53 Å². The first-order chi connectivity index (χ1) is 12.7. The van der Waals surface area contributed by atoms with Crippen molar-refractivity contribution in [3.05, 3.63) is 77.1 Å². The molecule has 1 N–H and O–H groups in total. The van der Waals surface area contributed by atoms with Crippen LogP contribution in [0.4, 0.5) is 0 Å². The first-order valence-corrected chi connectivity index (χ1v) is 8.78. The van der Waals surface area contributed by atoms with E-state index in [1.54, 1.807) is 13.1 Å². The number of aromatic amines is 1. The number of esters is 1. The number of rotatable bonds is 4. The van der Waals surface area contributed by atoms with Crippen LogP contribution in [0.25, 0.3) is 21.8 Å². The van der Waals surface area contributed by atoms with E-state index in [1.807, 2.05) is 13.0 Å². The van der Waals surface area contributed by atoms with Crippen LogP contribution < -0.4 is 0 Å². The molecule has 2 heterocycles. The summed E-state index contributed by atoms with van der Waals surface area (Å²) in [7, 11) is 0. The number of pyridine rings is 1. The van der Waals surface area contributed by atoms with E-state index in [0.29, 0.717) is 12.3 Å². The molecule has 4 nitrogen and oxygen atoms in total. The lowest BCUT2D eigenvalue weighted by Crippen LogP contribution is -2.09. The third kappa shape index (κ3) is 2.84. The van der Waals surface area contributed by atoms with Gasteiger partial charge < -0.3 is 9.72 Å². The Kier molecular flexibility index (Phi) is 4.17. The Morgan fingerprint density at radius 1 is 1.08 bits per heavy atom. The Morgan fingerprint density at radius 2 is 1.88 bits per heavy atom. The summed E-state index contributed by atoms with van der Waals surface area (Å²) < 4.78 is 5.14. The monoisotopic (exact) mass is 344 g/mol. The maximum Gasteiger partial charge on any atom is 0.357 e. The SMILES string of the molecule is CCOC(=O)c1ncc2[nH]c3ccc(Cc4ccccc4)cc3c2c1C. The van der Waals surface area contributed by atoms with Crippen LogP contribution in [0, 0.1) is 6.92 Å². The van der Waals surface area contributed by atoms with Gasteiger partial charge in [-0.05, 0) is 49.1 Å². The minimum atomic E-state index is -0.373. The molecular weight excluding hydrogens is 324 g/mol. The second-order valence-electron chi connectivity index (χ2n) is 6.41. The topological polar surface area (TPSA) is 55.0 Å². The Morgan fingerprint density at radius 3 is 2.65 bits per heavy atom. The minimum Gasteiger partial charge on any atom is -0.461 e. The number of aromatic nitrogens is 2. The highest BCUT2D eigenvalue weighted by atomic mass is 16.5. The molecule has 26 heavy (non-hydrogen) atoms. The number of benzene rings is 2. The Balaban J connectivity index is 1.84. The number of nitrogens with one attached hydrogen (secondary N) is 1. The third-order valence-electron chi connectivity index (χ3n) is 4.66. The quantitative estimate of drug-likeness (QED) is 0.541. The van der Waals surface area contributed by atoms with E-state index in [1.165, 1.54) is 11.1 Å². The van der Waals surface area contributed by atoms with E-state index in [4.69, 9.17) is 4.74 Å². The van der Waals surface area contributed by atoms with Gasteiger partial charge in [0.15, 0.2) is 5.69 Å². The molecule has 2 aromatic carbocycles. The summed E-state index contributed by atoms with van der Waals surface area (Å²) in [6.45, 7) is 4.07. The summed E-state index contributed by atoms with van der Waals surface area (Å²) in [5.74, 6) is -0.373. The van der Waals surface area contributed by atoms with E-state index < -0.39 is 0 Å². The van der Waals surface area contributed by atoms with Crippen molar-refractivity contribution in [2.75, 3.05) is 6.61 Å². The normalized spacial score (nSPS) is 11.2. The highest BCUT2D eigenvalue weighted by Crippen LogP contribution is 2.30. The van der Waals surface area contributed by atoms with Crippen molar-refractivity contribution in [1.82, 2.24) is 9.97 Å². The predicted octanol–water partition coefficient (Wildman–Crippen LogP) is 4.79. The molecule has 4 rings (SSSR count). The Hall–Kier alpha value is -3.14. The molecule has 0 atom stereocenters. The molecular formula is C22H20N2O2. The van der Waals surface area contributed by atoms with Crippen LogP contribution in [0.5, 0.6) is 0 Å². The lowest BCUT2D eigenvalue weighted by molar-refractivity contribution is 0.0519. The summed E-state index contributed by atoms with van der Waals surface area (Å²) in [5.41, 5.74) is 5.72. The fourth-order valence-electron chi connectivity index (χ4n) is 3.45. The molecule has 0 bridgehead atoms. The molecule has 4 heteroatoms. The largest absolute Gasteiger partial charge is 0.461 e. The van der Waals surface area contributed by atoms with Crippen LogP contribution in [0.1, 0.15) is 34.1 Å². The van der Waals surface area contributed by atoms with Gasteiger partial charge >= 0.3 is 5.97 Å². The lowest BCUT2D eigenvalue weighted by atomic mass is 10.0. The van der Waals surface area contributed by atoms with E-state index in [2.05, 4.69) is 52.4 Å². The number of carbonyl (C=O) groups excluding carboxylic acids is 1. The van der Waals surface area contributed by atoms with Crippen LogP contribution in [-0.4, -0.2) is 22.5 Å². The maximum absolute atomic E-state index is 12.2. The van der Waals surface area contributed by atoms with Crippen molar-refractivity contribution in [1.29, 1.82) is 0 Å². The zero-order valence-corrected chi connectivity index (χ0v) is 14.9. The molecule has 0 radical (unpaired) electrons. The van der Waals surface area contributed by atoms with E-state index >= 15 is 0 Å². The van der Waals surface area contributed by atoms with E-state index in [-0.39, 0.29) is 5.97 Å². The molecule has 0 unspecified atom stereocenters. The molecule has 4 aromatic rings. The average molecular weight is 344 g/mol. The highest BCUT2D eigenvalue weighted by molar-refractivity contribution is 6.11. The van der Waals surface area contributed by atoms with Gasteiger partial charge in [0.1, 0.15) is 0 Å². The molecule has 0 saturated heterocycles. The molecule has 0 fully saturated rings. The number of aryl methyl sites for hydroxylation is 1. The average Bonchev–Trinajstić information content (AvgIpc) is 3.01. The molecule has 0 aliphatic heterocycles. The van der Waals surface area contributed by atoms with Gasteiger partial charge in [0, 0.05) is 16.3 Å². The summed E-state index contributed by atoms with van der Waals surface area (Å²) in [6, 6.07) is 16.8. The summed E-state index contributed by atoms with van der Waals surface area (Å²) in [4.78, 5) is 19.9. The third-order valence-corrected chi connectivity index (χ3v) is 4.66. The van der Waals surface area contributed by atoms with Crippen LogP contribution in [0.2, 0.25) is 0 Å². The number of carbonyl (C=O) groups is 1. The summed E-state index contributed by atoms with van der Waals surface area (Å²) in [6.07, 6.45) is 2.59. The van der Waals surface area contributed by atoms with Crippen molar-refractivity contribution >= 4 is 27.8 Å². The van der Waals surface area contributed by atoms with Gasteiger partial charge in [-0.3, -0.25) is 0 Å². The van der Waals surface area contributed by atoms with Gasteiger partial charge in [-0.15, -0.1) is 0 Å². The summed E-state index contributed by atoms with van der Waals surface area (Å²) >= 11 is 0. The fraction of sp³-hybridized carbons (Fsp3) is 0.182. The predicted molar refractivity (Wildman–Crippen MR) is 104 cm³/mol. The molecule has 0 amide bonds. The van der Waals surface area contributed by atoms with Crippen LogP contribution in [0.3, 0.4) is 0 Å². The second kappa shape index (κ2) is 6.64. The highest BCUT2D eigenvalue weighted by Gasteiger charge is 2.17. The number of hydrogen-bond acceptors (Lipinski definition) is 3. The zero-order chi connectivity index (χ0) is 18.1. The summed E-state index contributed by atoms with van der Waals surface area (Å²) in [5, 5.41) is 2.15. The van der Waals surface area contributed by atoms with Crippen molar-refractivity contribution in [3.63, 3.8) is 0 Å². The van der Waals surface area contributed by atoms with Gasteiger partial charge in [0.25, 0.3) is 0 Å². The Bertz CT molecular complexity index is 1100. The molecule has 0 spiro atoms. The fourth-order valence-corrected chi connectivity index (χ4v) is 3.45. The first-order valence-electron chi connectivity index (χ1n) is 8.78. The zero-order valence-electron chi connectivity index (χ0n) is 14.9. The van der Waals surface area contributed by atoms with Gasteiger partial charge in [-0.1, -0.05) is 36.4 Å². The van der Waals surface area contributed by atoms with Gasteiger partial charge in [0.2, 0.25) is 0 Å². The Labute approximate surface area is 151 Å². The van der Waals surface area contributed by atoms with Crippen molar-refractivity contribution in [2.45, 2.75) is 20.3 Å². The molecule has 2 aromatic heterocycles. The van der Waals surface area contributed by atoms with Crippen molar-refractivity contribution in [3.8, 4) is 0 Å². The second-order valence-corrected chi connectivity index (χ2v) is 6.41. The number of ether oxygens (including phenoxy) is 1. The number of H-pyrrole nitrogens is 1. The van der Waals surface area contributed by atoms with Gasteiger partial charge in [0.05, 0.1) is 18.3 Å². The number of nitrogens with zero attached hydrogens (tertiary/aromatic N) is 1. The number of fused-ring (bicyclic) bond motifs is 3. The van der Waals surface area contributed by atoms with E-state index in [0.717, 1.165) is 33.8 Å². The van der Waals surface area contributed by atoms with Gasteiger partial charge in [-0.25, -0.2) is 9.78 Å². The minimum absolute atomic E-state index is 0.340. The molecule has 0 aliphatic rings. The lowest BCUT2D eigenvalue weighted by Gasteiger charge is -2.06. The first kappa shape index (κ1) is 16.3. The smallest absolute Gasteiger partial charge is 0.357 e. The standard InChI is InChI=1S/C22H20N2O2/c1-3-26-22(25)21-14(2)20-17-12-16(11-15-7-5-4-6-8-15)9-10-18(17)24-19(20)13-23-21/h4-10,12-13,24H,3,11H2,1-2H3. The van der Waals surface area contributed by atoms with Crippen molar-refractivity contribution in [2.24, 2.45) is 0 Å². The van der Waals surface area contributed by atoms with Crippen LogP contribution in [0.15, 0.2) is 54.7 Å². The molecule has 130 valence electrons. The van der Waals surface area contributed by atoms with Crippen LogP contribution in [-0.2, 0) is 11.2 Å². The molecule has 0 saturated carbocycles. The maximum atomic E-state index is 12.2. The van der Waals surface area contributed by atoms with E-state index in [9.17, 15) is 4.79 Å².